The smallest absolute Gasteiger partial charge is 0.218 e. The van der Waals surface area contributed by atoms with Crippen molar-refractivity contribution in [2.24, 2.45) is 5.92 Å². The average Bonchev–Trinajstić information content (AvgIpc) is 2.38. The summed E-state index contributed by atoms with van der Waals surface area (Å²) in [5.74, 6) is 2.92. The van der Waals surface area contributed by atoms with Crippen molar-refractivity contribution in [1.29, 1.82) is 0 Å². The van der Waals surface area contributed by atoms with Crippen molar-refractivity contribution in [1.82, 2.24) is 9.97 Å². The van der Waals surface area contributed by atoms with E-state index in [4.69, 9.17) is 16.3 Å². The van der Waals surface area contributed by atoms with Crippen LogP contribution in [0.5, 0.6) is 5.88 Å². The summed E-state index contributed by atoms with van der Waals surface area (Å²) >= 11 is 6.12. The highest BCUT2D eigenvalue weighted by Gasteiger charge is 2.19. The minimum absolute atomic E-state index is 0.377. The highest BCUT2D eigenvalue weighted by molar-refractivity contribution is 6.20. The van der Waals surface area contributed by atoms with E-state index in [-0.39, 0.29) is 0 Å². The lowest BCUT2D eigenvalue weighted by molar-refractivity contribution is 0.325. The molecule has 1 aromatic heterocycles. The first-order chi connectivity index (χ1) is 9.17. The van der Waals surface area contributed by atoms with Gasteiger partial charge in [-0.3, -0.25) is 0 Å². The van der Waals surface area contributed by atoms with Crippen molar-refractivity contribution in [3.8, 4) is 5.88 Å². The number of nitrogens with one attached hydrogen (secondary N) is 1. The summed E-state index contributed by atoms with van der Waals surface area (Å²) in [6, 6.07) is 1.86. The second-order valence-corrected chi connectivity index (χ2v) is 5.69. The highest BCUT2D eigenvalue weighted by atomic mass is 35.5. The summed E-state index contributed by atoms with van der Waals surface area (Å²) < 4.78 is 5.42. The number of alkyl halides is 1. The maximum absolute atomic E-state index is 6.12. The lowest BCUT2D eigenvalue weighted by Gasteiger charge is -2.25. The Morgan fingerprint density at radius 2 is 2.05 bits per heavy atom. The average molecular weight is 284 g/mol. The molecule has 0 bridgehead atoms. The van der Waals surface area contributed by atoms with Crippen molar-refractivity contribution in [3.63, 3.8) is 0 Å². The predicted molar refractivity (Wildman–Crippen MR) is 78.0 cm³/mol. The Hall–Kier alpha value is -1.03. The van der Waals surface area contributed by atoms with Crippen LogP contribution in [-0.2, 0) is 0 Å². The van der Waals surface area contributed by atoms with Crippen molar-refractivity contribution < 1.29 is 4.74 Å². The summed E-state index contributed by atoms with van der Waals surface area (Å²) in [7, 11) is 0. The zero-order valence-electron chi connectivity index (χ0n) is 11.7. The lowest BCUT2D eigenvalue weighted by atomic mass is 9.89. The molecule has 0 spiro atoms. The quantitative estimate of drug-likeness (QED) is 0.842. The zero-order valence-corrected chi connectivity index (χ0v) is 12.4. The zero-order chi connectivity index (χ0) is 13.7. The summed E-state index contributed by atoms with van der Waals surface area (Å²) in [5, 5.41) is 3.77. The van der Waals surface area contributed by atoms with Crippen LogP contribution < -0.4 is 10.1 Å². The second-order valence-electron chi connectivity index (χ2n) is 5.07. The summed E-state index contributed by atoms with van der Waals surface area (Å²) in [4.78, 5) is 8.62. The molecule has 1 aliphatic rings. The third-order valence-electron chi connectivity index (χ3n) is 3.45. The molecule has 0 radical (unpaired) electrons. The molecule has 106 valence electrons. The predicted octanol–water partition coefficient (Wildman–Crippen LogP) is 3.39. The van der Waals surface area contributed by atoms with Crippen molar-refractivity contribution >= 4 is 17.4 Å². The molecule has 0 unspecified atom stereocenters. The maximum atomic E-state index is 6.12. The van der Waals surface area contributed by atoms with Crippen LogP contribution in [0.25, 0.3) is 0 Å². The van der Waals surface area contributed by atoms with Crippen molar-refractivity contribution in [2.75, 3.05) is 18.5 Å². The normalized spacial score (nSPS) is 23.1. The number of hydrogen-bond donors (Lipinski definition) is 1. The van der Waals surface area contributed by atoms with Crippen LogP contribution in [0.15, 0.2) is 6.07 Å². The van der Waals surface area contributed by atoms with E-state index in [1.807, 2.05) is 19.9 Å². The minimum Gasteiger partial charge on any atom is -0.478 e. The van der Waals surface area contributed by atoms with E-state index in [0.29, 0.717) is 23.8 Å². The Kier molecular flexibility index (Phi) is 5.25. The van der Waals surface area contributed by atoms with Crippen LogP contribution in [0.1, 0.15) is 38.4 Å². The monoisotopic (exact) mass is 283 g/mol. The van der Waals surface area contributed by atoms with E-state index >= 15 is 0 Å². The number of hydrogen-bond acceptors (Lipinski definition) is 4. The highest BCUT2D eigenvalue weighted by Crippen LogP contribution is 2.27. The number of aromatic nitrogens is 2. The van der Waals surface area contributed by atoms with Crippen LogP contribution in [0.4, 0.5) is 5.82 Å². The van der Waals surface area contributed by atoms with Gasteiger partial charge in [0.2, 0.25) is 5.88 Å². The van der Waals surface area contributed by atoms with Crippen LogP contribution >= 0.6 is 11.6 Å². The van der Waals surface area contributed by atoms with Crippen LogP contribution in [-0.4, -0.2) is 28.5 Å². The Morgan fingerprint density at radius 3 is 2.74 bits per heavy atom. The number of rotatable bonds is 5. The Balaban J connectivity index is 1.88. The first-order valence-corrected chi connectivity index (χ1v) is 7.47. The standard InChI is InChI=1S/C14H22ClN3O/c1-3-19-14-8-13(17-10(2)18-14)16-9-11-4-6-12(15)7-5-11/h8,11-12H,3-7,9H2,1-2H3,(H,16,17,18). The van der Waals surface area contributed by atoms with E-state index in [1.165, 1.54) is 12.8 Å². The molecule has 0 saturated heterocycles. The van der Waals surface area contributed by atoms with Gasteiger partial charge in [-0.2, -0.15) is 4.98 Å². The lowest BCUT2D eigenvalue weighted by Crippen LogP contribution is -2.21. The molecule has 1 N–H and O–H groups in total. The minimum atomic E-state index is 0.377. The van der Waals surface area contributed by atoms with Gasteiger partial charge in [0.25, 0.3) is 0 Å². The van der Waals surface area contributed by atoms with Crippen molar-refractivity contribution in [2.45, 2.75) is 44.9 Å². The van der Waals surface area contributed by atoms with Gasteiger partial charge < -0.3 is 10.1 Å². The fraction of sp³-hybridized carbons (Fsp3) is 0.714. The number of ether oxygens (including phenoxy) is 1. The number of nitrogens with zero attached hydrogens (tertiary/aromatic N) is 2. The fourth-order valence-corrected chi connectivity index (χ4v) is 2.68. The van der Waals surface area contributed by atoms with Gasteiger partial charge >= 0.3 is 0 Å². The molecule has 5 heteroatoms. The largest absolute Gasteiger partial charge is 0.478 e. The van der Waals surface area contributed by atoms with Gasteiger partial charge in [-0.05, 0) is 45.4 Å². The molecule has 1 fully saturated rings. The van der Waals surface area contributed by atoms with E-state index in [9.17, 15) is 0 Å². The van der Waals surface area contributed by atoms with E-state index < -0.39 is 0 Å². The van der Waals surface area contributed by atoms with Crippen LogP contribution in [0, 0.1) is 12.8 Å². The topological polar surface area (TPSA) is 47.0 Å². The fourth-order valence-electron chi connectivity index (χ4n) is 2.43. The number of anilines is 1. The Morgan fingerprint density at radius 1 is 1.32 bits per heavy atom. The first-order valence-electron chi connectivity index (χ1n) is 7.03. The molecular weight excluding hydrogens is 262 g/mol. The third-order valence-corrected chi connectivity index (χ3v) is 3.89. The molecule has 1 saturated carbocycles. The molecule has 0 aromatic carbocycles. The summed E-state index contributed by atoms with van der Waals surface area (Å²) in [6.45, 7) is 5.41. The second kappa shape index (κ2) is 6.94. The molecule has 2 rings (SSSR count). The van der Waals surface area contributed by atoms with Crippen molar-refractivity contribution in [3.05, 3.63) is 11.9 Å². The number of aryl methyl sites for hydroxylation is 1. The molecule has 1 heterocycles. The van der Waals surface area contributed by atoms with Crippen LogP contribution in [0.3, 0.4) is 0 Å². The molecule has 0 aliphatic heterocycles. The first kappa shape index (κ1) is 14.4. The summed E-state index contributed by atoms with van der Waals surface area (Å²) in [6.07, 6.45) is 4.65. The van der Waals surface area contributed by atoms with Gasteiger partial charge in [0.05, 0.1) is 6.61 Å². The molecule has 1 aliphatic carbocycles. The summed E-state index contributed by atoms with van der Waals surface area (Å²) in [5.41, 5.74) is 0. The molecule has 4 nitrogen and oxygen atoms in total. The van der Waals surface area contributed by atoms with Gasteiger partial charge in [0.1, 0.15) is 11.6 Å². The third kappa shape index (κ3) is 4.53. The Labute approximate surface area is 119 Å². The maximum Gasteiger partial charge on any atom is 0.218 e. The molecule has 1 aromatic rings. The molecule has 0 atom stereocenters. The Bertz CT molecular complexity index is 406. The van der Waals surface area contributed by atoms with E-state index in [0.717, 1.165) is 31.0 Å². The van der Waals surface area contributed by atoms with E-state index in [2.05, 4.69) is 15.3 Å². The van der Waals surface area contributed by atoms with Gasteiger partial charge in [-0.1, -0.05) is 0 Å². The van der Waals surface area contributed by atoms with Crippen LogP contribution in [0.2, 0.25) is 0 Å². The van der Waals surface area contributed by atoms with Gasteiger partial charge in [-0.25, -0.2) is 4.98 Å². The van der Waals surface area contributed by atoms with Gasteiger partial charge in [0.15, 0.2) is 0 Å². The van der Waals surface area contributed by atoms with Gasteiger partial charge in [-0.15, -0.1) is 11.6 Å². The van der Waals surface area contributed by atoms with E-state index in [1.54, 1.807) is 0 Å². The SMILES string of the molecule is CCOc1cc(NCC2CCC(Cl)CC2)nc(C)n1. The number of halogens is 1. The molecular formula is C14H22ClN3O. The molecule has 19 heavy (non-hydrogen) atoms. The molecule has 0 amide bonds. The van der Waals surface area contributed by atoms with Gasteiger partial charge in [0, 0.05) is 18.0 Å².